The van der Waals surface area contributed by atoms with Crippen molar-refractivity contribution in [2.45, 2.75) is 46.1 Å². The fourth-order valence-corrected chi connectivity index (χ4v) is 4.49. The average molecular weight is 304 g/mol. The Hall–Kier alpha value is -1.36. The summed E-state index contributed by atoms with van der Waals surface area (Å²) in [5, 5.41) is 7.41. The summed E-state index contributed by atoms with van der Waals surface area (Å²) in [7, 11) is 0. The lowest BCUT2D eigenvalue weighted by Crippen LogP contribution is -2.48. The summed E-state index contributed by atoms with van der Waals surface area (Å²) in [6.07, 6.45) is 5.55. The summed E-state index contributed by atoms with van der Waals surface area (Å²) in [5.74, 6) is 1.32. The van der Waals surface area contributed by atoms with E-state index in [0.29, 0.717) is 27.8 Å². The number of rotatable bonds is 2. The third kappa shape index (κ3) is 2.27. The zero-order valence-corrected chi connectivity index (χ0v) is 13.8. The lowest BCUT2D eigenvalue weighted by molar-refractivity contribution is 0.129. The Bertz CT molecular complexity index is 554. The Kier molecular flexibility index (Phi) is 3.35. The van der Waals surface area contributed by atoms with E-state index < -0.39 is 0 Å². The van der Waals surface area contributed by atoms with E-state index in [1.165, 1.54) is 19.3 Å². The largest absolute Gasteiger partial charge is 0.384 e. The Morgan fingerprint density at radius 3 is 2.67 bits per heavy atom. The first-order chi connectivity index (χ1) is 9.83. The predicted octanol–water partition coefficient (Wildman–Crippen LogP) is 3.17. The number of nitrogens with two attached hydrogens (primary N) is 1. The molecule has 2 saturated carbocycles. The molecule has 1 heterocycles. The van der Waals surface area contributed by atoms with Crippen LogP contribution >= 0.6 is 12.2 Å². The van der Waals surface area contributed by atoms with Crippen molar-refractivity contribution in [1.82, 2.24) is 10.3 Å². The van der Waals surface area contributed by atoms with Gasteiger partial charge in [-0.05, 0) is 60.4 Å². The monoisotopic (exact) mass is 304 g/mol. The molecule has 4 nitrogen and oxygen atoms in total. The number of aromatic nitrogens is 1. The highest BCUT2D eigenvalue weighted by Gasteiger charge is 2.61. The first kappa shape index (κ1) is 14.6. The van der Waals surface area contributed by atoms with Gasteiger partial charge in [-0.25, -0.2) is 4.98 Å². The fraction of sp³-hybridized carbons (Fsp3) is 0.625. The van der Waals surface area contributed by atoms with Crippen LogP contribution in [0.5, 0.6) is 0 Å². The van der Waals surface area contributed by atoms with E-state index in [2.05, 4.69) is 36.4 Å². The number of nitrogens with zero attached hydrogens (tertiary/aromatic N) is 1. The van der Waals surface area contributed by atoms with Crippen LogP contribution in [-0.4, -0.2) is 16.1 Å². The maximum atomic E-state index is 5.59. The number of anilines is 2. The second-order valence-corrected chi connectivity index (χ2v) is 7.64. The van der Waals surface area contributed by atoms with Gasteiger partial charge in [0.25, 0.3) is 0 Å². The third-order valence-corrected chi connectivity index (χ3v) is 6.36. The first-order valence-electron chi connectivity index (χ1n) is 7.62. The quantitative estimate of drug-likeness (QED) is 0.733. The van der Waals surface area contributed by atoms with E-state index in [0.717, 1.165) is 11.6 Å². The molecular weight excluding hydrogens is 280 g/mol. The van der Waals surface area contributed by atoms with E-state index in [1.54, 1.807) is 12.3 Å². The van der Waals surface area contributed by atoms with Crippen molar-refractivity contribution in [2.75, 3.05) is 11.1 Å². The van der Waals surface area contributed by atoms with Gasteiger partial charge in [-0.2, -0.15) is 0 Å². The van der Waals surface area contributed by atoms with Gasteiger partial charge in [0.15, 0.2) is 5.11 Å². The SMILES string of the molecule is CC1(C)[C@@H]2CC[C@@]1(C)[C@@H](NC(=S)Nc1ccc(N)nc1)C2. The van der Waals surface area contributed by atoms with E-state index in [1.807, 2.05) is 6.07 Å². The molecule has 0 saturated heterocycles. The number of pyridine rings is 1. The molecule has 5 heteroatoms. The van der Waals surface area contributed by atoms with Crippen LogP contribution in [0.2, 0.25) is 0 Å². The summed E-state index contributed by atoms with van der Waals surface area (Å²) in [6.45, 7) is 7.23. The molecular formula is C16H24N4S. The van der Waals surface area contributed by atoms with Gasteiger partial charge in [-0.3, -0.25) is 0 Å². The summed E-state index contributed by atoms with van der Waals surface area (Å²) in [6, 6.07) is 4.11. The van der Waals surface area contributed by atoms with Gasteiger partial charge in [-0.15, -0.1) is 0 Å². The van der Waals surface area contributed by atoms with Crippen molar-refractivity contribution in [1.29, 1.82) is 0 Å². The van der Waals surface area contributed by atoms with Crippen molar-refractivity contribution >= 4 is 28.8 Å². The van der Waals surface area contributed by atoms with Crippen molar-refractivity contribution in [3.63, 3.8) is 0 Å². The first-order valence-corrected chi connectivity index (χ1v) is 8.03. The minimum atomic E-state index is 0.322. The van der Waals surface area contributed by atoms with Crippen LogP contribution in [0.3, 0.4) is 0 Å². The number of nitrogens with one attached hydrogen (secondary N) is 2. The highest BCUT2D eigenvalue weighted by Crippen LogP contribution is 2.65. The van der Waals surface area contributed by atoms with Crippen LogP contribution in [0, 0.1) is 16.7 Å². The van der Waals surface area contributed by atoms with Crippen LogP contribution in [0.1, 0.15) is 40.0 Å². The fourth-order valence-electron chi connectivity index (χ4n) is 4.23. The Balaban J connectivity index is 1.65. The molecule has 3 rings (SSSR count). The van der Waals surface area contributed by atoms with E-state index in [-0.39, 0.29) is 0 Å². The van der Waals surface area contributed by atoms with Gasteiger partial charge in [0.2, 0.25) is 0 Å². The molecule has 2 aliphatic rings. The molecule has 0 spiro atoms. The smallest absolute Gasteiger partial charge is 0.171 e. The number of fused-ring (bicyclic) bond motifs is 2. The zero-order chi connectivity index (χ0) is 15.3. The zero-order valence-electron chi connectivity index (χ0n) is 12.9. The second-order valence-electron chi connectivity index (χ2n) is 7.23. The Labute approximate surface area is 131 Å². The van der Waals surface area contributed by atoms with Gasteiger partial charge >= 0.3 is 0 Å². The molecule has 21 heavy (non-hydrogen) atoms. The molecule has 2 aliphatic carbocycles. The molecule has 0 aromatic carbocycles. The van der Waals surface area contributed by atoms with Gasteiger partial charge in [0.05, 0.1) is 11.9 Å². The van der Waals surface area contributed by atoms with Gasteiger partial charge in [0, 0.05) is 6.04 Å². The number of hydrogen-bond donors (Lipinski definition) is 3. The van der Waals surface area contributed by atoms with E-state index in [4.69, 9.17) is 18.0 Å². The highest BCUT2D eigenvalue weighted by atomic mass is 32.1. The van der Waals surface area contributed by atoms with Crippen molar-refractivity contribution in [2.24, 2.45) is 16.7 Å². The van der Waals surface area contributed by atoms with Gasteiger partial charge in [-0.1, -0.05) is 20.8 Å². The number of thiocarbonyl (C=S) groups is 1. The molecule has 0 unspecified atom stereocenters. The summed E-state index contributed by atoms with van der Waals surface area (Å²) in [4.78, 5) is 4.07. The molecule has 2 bridgehead atoms. The number of nitrogen functional groups attached to an aromatic ring is 1. The Morgan fingerprint density at radius 1 is 1.38 bits per heavy atom. The molecule has 1 aromatic rings. The van der Waals surface area contributed by atoms with Gasteiger partial charge in [0.1, 0.15) is 5.82 Å². The standard InChI is InChI=1S/C16H24N4S/c1-15(2)10-6-7-16(15,3)12(8-10)20-14(21)19-11-4-5-13(17)18-9-11/h4-5,9-10,12H,6-8H2,1-3H3,(H2,17,18)(H2,19,20,21)/t10-,12+,16+/m1/s1. The summed E-state index contributed by atoms with van der Waals surface area (Å²) in [5.41, 5.74) is 7.17. The van der Waals surface area contributed by atoms with Crippen molar-refractivity contribution in [3.8, 4) is 0 Å². The van der Waals surface area contributed by atoms with E-state index in [9.17, 15) is 0 Å². The Morgan fingerprint density at radius 2 is 2.14 bits per heavy atom. The van der Waals surface area contributed by atoms with Gasteiger partial charge < -0.3 is 16.4 Å². The molecule has 1 aromatic heterocycles. The molecule has 3 atom stereocenters. The maximum absolute atomic E-state index is 5.59. The van der Waals surface area contributed by atoms with E-state index >= 15 is 0 Å². The number of hydrogen-bond acceptors (Lipinski definition) is 3. The predicted molar refractivity (Wildman–Crippen MR) is 91.0 cm³/mol. The highest BCUT2D eigenvalue weighted by molar-refractivity contribution is 7.80. The van der Waals surface area contributed by atoms with Crippen LogP contribution < -0.4 is 16.4 Å². The third-order valence-electron chi connectivity index (χ3n) is 6.14. The minimum absolute atomic E-state index is 0.322. The molecule has 0 amide bonds. The topological polar surface area (TPSA) is 63.0 Å². The summed E-state index contributed by atoms with van der Waals surface area (Å²) >= 11 is 5.46. The van der Waals surface area contributed by atoms with Crippen LogP contribution in [0.4, 0.5) is 11.5 Å². The molecule has 0 aliphatic heterocycles. The summed E-state index contributed by atoms with van der Waals surface area (Å²) < 4.78 is 0. The second kappa shape index (κ2) is 4.83. The molecule has 114 valence electrons. The van der Waals surface area contributed by atoms with Crippen molar-refractivity contribution in [3.05, 3.63) is 18.3 Å². The van der Waals surface area contributed by atoms with Crippen LogP contribution in [0.25, 0.3) is 0 Å². The normalized spacial score (nSPS) is 32.9. The molecule has 2 fully saturated rings. The minimum Gasteiger partial charge on any atom is -0.384 e. The lowest BCUT2D eigenvalue weighted by atomic mass is 9.69. The van der Waals surface area contributed by atoms with Crippen LogP contribution in [0.15, 0.2) is 18.3 Å². The van der Waals surface area contributed by atoms with Crippen LogP contribution in [-0.2, 0) is 0 Å². The maximum Gasteiger partial charge on any atom is 0.171 e. The molecule has 4 N–H and O–H groups in total. The molecule has 0 radical (unpaired) electrons. The van der Waals surface area contributed by atoms with Crippen molar-refractivity contribution < 1.29 is 0 Å². The average Bonchev–Trinajstić information content (AvgIpc) is 2.74. The lowest BCUT2D eigenvalue weighted by Gasteiger charge is -2.39.